The maximum atomic E-state index is 12.6. The zero-order valence-corrected chi connectivity index (χ0v) is 16.9. The Morgan fingerprint density at radius 2 is 1.97 bits per heavy atom. The van der Waals surface area contributed by atoms with Crippen molar-refractivity contribution in [2.45, 2.75) is 32.0 Å². The number of hydrogen-bond acceptors (Lipinski definition) is 4. The minimum absolute atomic E-state index is 0.190. The van der Waals surface area contributed by atoms with Crippen LogP contribution in [0, 0.1) is 6.92 Å². The van der Waals surface area contributed by atoms with Crippen LogP contribution in [-0.2, 0) is 11.0 Å². The Kier molecular flexibility index (Phi) is 5.82. The molecule has 1 aliphatic rings. The molecular formula is C23H22F3N3O2. The minimum Gasteiger partial charge on any atom is -0.484 e. The number of fused-ring (bicyclic) bond motifs is 1. The summed E-state index contributed by atoms with van der Waals surface area (Å²) in [5.41, 5.74) is 2.80. The summed E-state index contributed by atoms with van der Waals surface area (Å²) in [6.07, 6.45) is -2.19. The van der Waals surface area contributed by atoms with Gasteiger partial charge in [0.25, 0.3) is 5.91 Å². The monoisotopic (exact) mass is 429 g/mol. The first-order valence-electron chi connectivity index (χ1n) is 10.0. The van der Waals surface area contributed by atoms with E-state index in [4.69, 9.17) is 9.72 Å². The van der Waals surface area contributed by atoms with Gasteiger partial charge in [-0.3, -0.25) is 9.78 Å². The van der Waals surface area contributed by atoms with Gasteiger partial charge < -0.3 is 15.4 Å². The van der Waals surface area contributed by atoms with Crippen LogP contribution in [0.3, 0.4) is 0 Å². The molecule has 1 amide bonds. The van der Waals surface area contributed by atoms with Gasteiger partial charge in [-0.2, -0.15) is 13.2 Å². The number of aryl methyl sites for hydroxylation is 1. The summed E-state index contributed by atoms with van der Waals surface area (Å²) >= 11 is 0. The van der Waals surface area contributed by atoms with Crippen molar-refractivity contribution in [1.82, 2.24) is 10.3 Å². The lowest BCUT2D eigenvalue weighted by Crippen LogP contribution is -2.20. The number of anilines is 1. The molecule has 3 aromatic rings. The van der Waals surface area contributed by atoms with Crippen LogP contribution in [0.5, 0.6) is 5.75 Å². The highest BCUT2D eigenvalue weighted by molar-refractivity contribution is 5.95. The van der Waals surface area contributed by atoms with Gasteiger partial charge >= 0.3 is 6.18 Å². The van der Waals surface area contributed by atoms with Crippen LogP contribution in [-0.4, -0.2) is 24.0 Å². The molecule has 0 spiro atoms. The second-order valence-corrected chi connectivity index (χ2v) is 7.60. The predicted molar refractivity (Wildman–Crippen MR) is 112 cm³/mol. The maximum absolute atomic E-state index is 12.6. The van der Waals surface area contributed by atoms with Crippen LogP contribution in [0.15, 0.2) is 48.5 Å². The zero-order valence-electron chi connectivity index (χ0n) is 16.9. The predicted octanol–water partition coefficient (Wildman–Crippen LogP) is 5.00. The van der Waals surface area contributed by atoms with Crippen molar-refractivity contribution in [3.05, 3.63) is 65.4 Å². The van der Waals surface area contributed by atoms with Crippen molar-refractivity contribution in [1.29, 1.82) is 0 Å². The maximum Gasteiger partial charge on any atom is 0.416 e. The van der Waals surface area contributed by atoms with Crippen molar-refractivity contribution >= 4 is 22.5 Å². The van der Waals surface area contributed by atoms with Crippen LogP contribution >= 0.6 is 0 Å². The fraction of sp³-hybridized carbons (Fsp3) is 0.304. The molecule has 1 fully saturated rings. The standard InChI is InChI=1S/C23H22F3N3O2/c1-14-11-21(20-3-2-10-27-20)29-19-9-6-16(12-18(14)19)28-22(30)13-31-17-7-4-15(5-8-17)23(24,25)26/h4-9,11-12,20,27H,2-3,10,13H2,1H3,(H,28,30). The van der Waals surface area contributed by atoms with Crippen molar-refractivity contribution in [2.75, 3.05) is 18.5 Å². The van der Waals surface area contributed by atoms with Crippen molar-refractivity contribution in [2.24, 2.45) is 0 Å². The quantitative estimate of drug-likeness (QED) is 0.599. The first-order chi connectivity index (χ1) is 14.8. The molecule has 2 aromatic carbocycles. The van der Waals surface area contributed by atoms with Crippen LogP contribution < -0.4 is 15.4 Å². The molecule has 5 nitrogen and oxygen atoms in total. The van der Waals surface area contributed by atoms with E-state index in [9.17, 15) is 18.0 Å². The van der Waals surface area contributed by atoms with E-state index >= 15 is 0 Å². The summed E-state index contributed by atoms with van der Waals surface area (Å²) in [7, 11) is 0. The fourth-order valence-electron chi connectivity index (χ4n) is 3.70. The number of ether oxygens (including phenoxy) is 1. The van der Waals surface area contributed by atoms with Gasteiger partial charge in [0.1, 0.15) is 5.75 Å². The highest BCUT2D eigenvalue weighted by Gasteiger charge is 2.30. The van der Waals surface area contributed by atoms with Gasteiger partial charge in [0, 0.05) is 17.1 Å². The summed E-state index contributed by atoms with van der Waals surface area (Å²) in [4.78, 5) is 17.0. The summed E-state index contributed by atoms with van der Waals surface area (Å²) in [6, 6.07) is 12.1. The number of pyridine rings is 1. The number of alkyl halides is 3. The third-order valence-corrected chi connectivity index (χ3v) is 5.29. The summed E-state index contributed by atoms with van der Waals surface area (Å²) in [6.45, 7) is 2.71. The van der Waals surface area contributed by atoms with E-state index < -0.39 is 17.6 Å². The lowest BCUT2D eigenvalue weighted by atomic mass is 10.0. The second-order valence-electron chi connectivity index (χ2n) is 7.60. The average Bonchev–Trinajstić information content (AvgIpc) is 3.27. The van der Waals surface area contributed by atoms with Crippen LogP contribution in [0.4, 0.5) is 18.9 Å². The van der Waals surface area contributed by atoms with Crippen LogP contribution in [0.25, 0.3) is 10.9 Å². The Hall–Kier alpha value is -3.13. The highest BCUT2D eigenvalue weighted by Crippen LogP contribution is 2.30. The topological polar surface area (TPSA) is 63.2 Å². The number of halogens is 3. The molecule has 8 heteroatoms. The Morgan fingerprint density at radius 3 is 2.65 bits per heavy atom. The first kappa shape index (κ1) is 21.1. The van der Waals surface area contributed by atoms with E-state index in [-0.39, 0.29) is 18.4 Å². The molecule has 1 atom stereocenters. The number of hydrogen-bond donors (Lipinski definition) is 2. The molecule has 1 unspecified atom stereocenters. The van der Waals surface area contributed by atoms with Gasteiger partial charge in [0.15, 0.2) is 6.61 Å². The Balaban J connectivity index is 1.40. The molecule has 1 aliphatic heterocycles. The second kappa shape index (κ2) is 8.55. The van der Waals surface area contributed by atoms with Gasteiger partial charge in [-0.25, -0.2) is 0 Å². The van der Waals surface area contributed by atoms with Gasteiger partial charge in [-0.05, 0) is 80.4 Å². The van der Waals surface area contributed by atoms with Crippen molar-refractivity contribution in [3.8, 4) is 5.75 Å². The Labute approximate surface area is 177 Å². The molecule has 0 aliphatic carbocycles. The van der Waals surface area contributed by atoms with Gasteiger partial charge in [-0.1, -0.05) is 0 Å². The molecule has 2 heterocycles. The molecule has 1 saturated heterocycles. The lowest BCUT2D eigenvalue weighted by molar-refractivity contribution is -0.137. The Morgan fingerprint density at radius 1 is 1.19 bits per heavy atom. The van der Waals surface area contributed by atoms with Crippen LogP contribution in [0.1, 0.15) is 35.7 Å². The fourth-order valence-corrected chi connectivity index (χ4v) is 3.70. The summed E-state index contributed by atoms with van der Waals surface area (Å²) < 4.78 is 43.1. The summed E-state index contributed by atoms with van der Waals surface area (Å²) in [5.74, 6) is -0.216. The SMILES string of the molecule is Cc1cc(C2CCCN2)nc2ccc(NC(=O)COc3ccc(C(F)(F)F)cc3)cc12. The van der Waals surface area contributed by atoms with E-state index in [0.29, 0.717) is 5.69 Å². The van der Waals surface area contributed by atoms with Crippen molar-refractivity contribution in [3.63, 3.8) is 0 Å². The lowest BCUT2D eigenvalue weighted by Gasteiger charge is -2.14. The van der Waals surface area contributed by atoms with E-state index in [1.165, 1.54) is 12.1 Å². The number of aromatic nitrogens is 1. The molecular weight excluding hydrogens is 407 g/mol. The third kappa shape index (κ3) is 4.96. The smallest absolute Gasteiger partial charge is 0.416 e. The first-order valence-corrected chi connectivity index (χ1v) is 10.0. The molecule has 1 aromatic heterocycles. The summed E-state index contributed by atoms with van der Waals surface area (Å²) in [5, 5.41) is 7.15. The van der Waals surface area contributed by atoms with Gasteiger partial charge in [-0.15, -0.1) is 0 Å². The molecule has 0 saturated carbocycles. The largest absolute Gasteiger partial charge is 0.484 e. The minimum atomic E-state index is -4.41. The number of rotatable bonds is 5. The van der Waals surface area contributed by atoms with Gasteiger partial charge in [0.05, 0.1) is 16.8 Å². The zero-order chi connectivity index (χ0) is 22.0. The highest BCUT2D eigenvalue weighted by atomic mass is 19.4. The number of carbonyl (C=O) groups excluding carboxylic acids is 1. The molecule has 2 N–H and O–H groups in total. The number of benzene rings is 2. The van der Waals surface area contributed by atoms with E-state index in [1.54, 1.807) is 6.07 Å². The Bertz CT molecular complexity index is 1090. The number of carbonyl (C=O) groups is 1. The molecule has 0 bridgehead atoms. The molecule has 0 radical (unpaired) electrons. The third-order valence-electron chi connectivity index (χ3n) is 5.29. The van der Waals surface area contributed by atoms with Crippen LogP contribution in [0.2, 0.25) is 0 Å². The van der Waals surface area contributed by atoms with E-state index in [1.807, 2.05) is 19.1 Å². The van der Waals surface area contributed by atoms with E-state index in [0.717, 1.165) is 53.7 Å². The van der Waals surface area contributed by atoms with E-state index in [2.05, 4.69) is 16.7 Å². The van der Waals surface area contributed by atoms with Gasteiger partial charge in [0.2, 0.25) is 0 Å². The number of nitrogens with zero attached hydrogens (tertiary/aromatic N) is 1. The molecule has 4 rings (SSSR count). The molecule has 31 heavy (non-hydrogen) atoms. The number of amides is 1. The number of nitrogens with one attached hydrogen (secondary N) is 2. The van der Waals surface area contributed by atoms with Crippen molar-refractivity contribution < 1.29 is 22.7 Å². The molecule has 162 valence electrons. The average molecular weight is 429 g/mol. The normalized spacial score (nSPS) is 16.5.